The van der Waals surface area contributed by atoms with Gasteiger partial charge in [0.25, 0.3) is 0 Å². The first-order chi connectivity index (χ1) is 6.06. The Labute approximate surface area is 79.4 Å². The molecule has 4 nitrogen and oxygen atoms in total. The van der Waals surface area contributed by atoms with Gasteiger partial charge in [0.15, 0.2) is 0 Å². The summed E-state index contributed by atoms with van der Waals surface area (Å²) in [4.78, 5) is 14.9. The molecule has 1 rings (SSSR count). The first-order valence-electron chi connectivity index (χ1n) is 4.64. The van der Waals surface area contributed by atoms with Gasteiger partial charge in [-0.25, -0.2) is 4.79 Å². The van der Waals surface area contributed by atoms with Crippen LogP contribution in [0.25, 0.3) is 0 Å². The SMILES string of the molecule is CCN(C)C(=O)OC1CC1N(C)C. The zero-order valence-electron chi connectivity index (χ0n) is 8.78. The minimum absolute atomic E-state index is 0.108. The number of hydrogen-bond acceptors (Lipinski definition) is 3. The lowest BCUT2D eigenvalue weighted by Crippen LogP contribution is -2.29. The van der Waals surface area contributed by atoms with Crippen LogP contribution in [-0.4, -0.2) is 55.7 Å². The molecule has 0 N–H and O–H groups in total. The van der Waals surface area contributed by atoms with Crippen molar-refractivity contribution in [2.45, 2.75) is 25.5 Å². The van der Waals surface area contributed by atoms with E-state index in [9.17, 15) is 4.79 Å². The van der Waals surface area contributed by atoms with Gasteiger partial charge >= 0.3 is 6.09 Å². The molecule has 1 aliphatic rings. The molecule has 0 radical (unpaired) electrons. The molecule has 0 bridgehead atoms. The van der Waals surface area contributed by atoms with Gasteiger partial charge in [-0.3, -0.25) is 0 Å². The van der Waals surface area contributed by atoms with E-state index in [4.69, 9.17) is 4.74 Å². The van der Waals surface area contributed by atoms with Crippen LogP contribution >= 0.6 is 0 Å². The molecule has 0 aliphatic heterocycles. The van der Waals surface area contributed by atoms with E-state index < -0.39 is 0 Å². The van der Waals surface area contributed by atoms with Crippen molar-refractivity contribution in [3.63, 3.8) is 0 Å². The van der Waals surface area contributed by atoms with Crippen LogP contribution in [0, 0.1) is 0 Å². The molecule has 0 saturated heterocycles. The number of amides is 1. The summed E-state index contributed by atoms with van der Waals surface area (Å²) in [5.74, 6) is 0. The van der Waals surface area contributed by atoms with Crippen molar-refractivity contribution in [2.24, 2.45) is 0 Å². The van der Waals surface area contributed by atoms with Crippen molar-refractivity contribution < 1.29 is 9.53 Å². The van der Waals surface area contributed by atoms with E-state index in [0.717, 1.165) is 6.42 Å². The van der Waals surface area contributed by atoms with E-state index in [0.29, 0.717) is 12.6 Å². The number of rotatable bonds is 3. The van der Waals surface area contributed by atoms with Crippen LogP contribution in [0.3, 0.4) is 0 Å². The summed E-state index contributed by atoms with van der Waals surface area (Å²) in [6.07, 6.45) is 0.865. The lowest BCUT2D eigenvalue weighted by molar-refractivity contribution is 0.0974. The lowest BCUT2D eigenvalue weighted by atomic mass is 10.6. The van der Waals surface area contributed by atoms with Gasteiger partial charge in [-0.05, 0) is 21.0 Å². The summed E-state index contributed by atoms with van der Waals surface area (Å²) in [6, 6.07) is 0.425. The highest BCUT2D eigenvalue weighted by Crippen LogP contribution is 2.29. The largest absolute Gasteiger partial charge is 0.444 e. The highest BCUT2D eigenvalue weighted by Gasteiger charge is 2.42. The van der Waals surface area contributed by atoms with E-state index in [-0.39, 0.29) is 12.2 Å². The van der Waals surface area contributed by atoms with Crippen molar-refractivity contribution in [3.05, 3.63) is 0 Å². The molecule has 4 heteroatoms. The molecule has 1 aliphatic carbocycles. The van der Waals surface area contributed by atoms with Crippen molar-refractivity contribution in [2.75, 3.05) is 27.7 Å². The Morgan fingerprint density at radius 1 is 1.46 bits per heavy atom. The summed E-state index contributed by atoms with van der Waals surface area (Å²) in [7, 11) is 5.75. The van der Waals surface area contributed by atoms with Gasteiger partial charge in [0.2, 0.25) is 0 Å². The summed E-state index contributed by atoms with van der Waals surface area (Å²) in [6.45, 7) is 2.62. The summed E-state index contributed by atoms with van der Waals surface area (Å²) in [5.41, 5.74) is 0. The molecule has 2 unspecified atom stereocenters. The maximum absolute atomic E-state index is 11.3. The third-order valence-electron chi connectivity index (χ3n) is 2.40. The Morgan fingerprint density at radius 2 is 2.08 bits per heavy atom. The van der Waals surface area contributed by atoms with E-state index in [2.05, 4.69) is 4.90 Å². The standard InChI is InChI=1S/C9H18N2O2/c1-5-11(4)9(12)13-8-6-7(8)10(2)3/h7-8H,5-6H2,1-4H3. The third-order valence-corrected chi connectivity index (χ3v) is 2.40. The van der Waals surface area contributed by atoms with Gasteiger partial charge in [-0.2, -0.15) is 0 Å². The molecular formula is C9H18N2O2. The van der Waals surface area contributed by atoms with Crippen LogP contribution in [0.2, 0.25) is 0 Å². The maximum Gasteiger partial charge on any atom is 0.409 e. The van der Waals surface area contributed by atoms with Crippen LogP contribution in [0.5, 0.6) is 0 Å². The molecule has 0 aromatic heterocycles. The maximum atomic E-state index is 11.3. The second-order valence-corrected chi connectivity index (χ2v) is 3.70. The number of nitrogens with zero attached hydrogens (tertiary/aromatic N) is 2. The monoisotopic (exact) mass is 186 g/mol. The molecule has 1 saturated carbocycles. The van der Waals surface area contributed by atoms with Crippen molar-refractivity contribution >= 4 is 6.09 Å². The first-order valence-corrected chi connectivity index (χ1v) is 4.64. The number of hydrogen-bond donors (Lipinski definition) is 0. The van der Waals surface area contributed by atoms with E-state index in [1.165, 1.54) is 0 Å². The smallest absolute Gasteiger partial charge is 0.409 e. The van der Waals surface area contributed by atoms with Crippen LogP contribution in [0.1, 0.15) is 13.3 Å². The van der Waals surface area contributed by atoms with E-state index in [1.807, 2.05) is 21.0 Å². The van der Waals surface area contributed by atoms with Gasteiger partial charge in [-0.15, -0.1) is 0 Å². The number of carbonyl (C=O) groups excluding carboxylic acids is 1. The van der Waals surface area contributed by atoms with Gasteiger partial charge in [0.05, 0.1) is 0 Å². The molecule has 1 amide bonds. The quantitative estimate of drug-likeness (QED) is 0.653. The zero-order chi connectivity index (χ0) is 10.0. The van der Waals surface area contributed by atoms with Crippen LogP contribution in [0.4, 0.5) is 4.79 Å². The second kappa shape index (κ2) is 3.96. The van der Waals surface area contributed by atoms with Crippen LogP contribution < -0.4 is 0 Å². The Bertz CT molecular complexity index is 194. The Balaban J connectivity index is 2.24. The number of likely N-dealkylation sites (N-methyl/N-ethyl adjacent to an activating group) is 1. The van der Waals surface area contributed by atoms with E-state index in [1.54, 1.807) is 11.9 Å². The Kier molecular flexibility index (Phi) is 3.14. The molecule has 0 aromatic carbocycles. The minimum atomic E-state index is -0.211. The van der Waals surface area contributed by atoms with Crippen molar-refractivity contribution in [3.8, 4) is 0 Å². The average Bonchev–Trinajstić information content (AvgIpc) is 2.82. The highest BCUT2D eigenvalue weighted by atomic mass is 16.6. The normalized spacial score (nSPS) is 25.9. The molecule has 76 valence electrons. The predicted molar refractivity (Wildman–Crippen MR) is 50.7 cm³/mol. The average molecular weight is 186 g/mol. The second-order valence-electron chi connectivity index (χ2n) is 3.70. The molecular weight excluding hydrogens is 168 g/mol. The summed E-state index contributed by atoms with van der Waals surface area (Å²) in [5, 5.41) is 0. The van der Waals surface area contributed by atoms with Gasteiger partial charge in [0, 0.05) is 26.1 Å². The summed E-state index contributed by atoms with van der Waals surface area (Å²) < 4.78 is 5.23. The molecule has 1 fully saturated rings. The van der Waals surface area contributed by atoms with Crippen LogP contribution in [-0.2, 0) is 4.74 Å². The Morgan fingerprint density at radius 3 is 2.46 bits per heavy atom. The molecule has 0 aromatic rings. The number of ether oxygens (including phenoxy) is 1. The van der Waals surface area contributed by atoms with Crippen molar-refractivity contribution in [1.29, 1.82) is 0 Å². The van der Waals surface area contributed by atoms with Crippen LogP contribution in [0.15, 0.2) is 0 Å². The fourth-order valence-corrected chi connectivity index (χ4v) is 1.18. The molecule has 0 spiro atoms. The topological polar surface area (TPSA) is 32.8 Å². The minimum Gasteiger partial charge on any atom is -0.444 e. The Hall–Kier alpha value is -0.770. The molecule has 13 heavy (non-hydrogen) atoms. The molecule has 2 atom stereocenters. The van der Waals surface area contributed by atoms with Crippen molar-refractivity contribution in [1.82, 2.24) is 9.80 Å². The van der Waals surface area contributed by atoms with Gasteiger partial charge in [-0.1, -0.05) is 0 Å². The zero-order valence-corrected chi connectivity index (χ0v) is 8.78. The molecule has 0 heterocycles. The fourth-order valence-electron chi connectivity index (χ4n) is 1.18. The highest BCUT2D eigenvalue weighted by molar-refractivity contribution is 5.67. The lowest BCUT2D eigenvalue weighted by Gasteiger charge is -2.15. The first kappa shape index (κ1) is 10.3. The summed E-state index contributed by atoms with van der Waals surface area (Å²) >= 11 is 0. The predicted octanol–water partition coefficient (Wildman–Crippen LogP) is 0.777. The fraction of sp³-hybridized carbons (Fsp3) is 0.889. The van der Waals surface area contributed by atoms with Gasteiger partial charge in [0.1, 0.15) is 6.10 Å². The van der Waals surface area contributed by atoms with Gasteiger partial charge < -0.3 is 14.5 Å². The van der Waals surface area contributed by atoms with E-state index >= 15 is 0 Å². The third kappa shape index (κ3) is 2.59. The number of carbonyl (C=O) groups is 1.